The molecular weight excluding hydrogens is 1030 g/mol. The van der Waals surface area contributed by atoms with Crippen LogP contribution in [0.1, 0.15) is 90.7 Å². The minimum absolute atomic E-state index is 0.0149. The van der Waals surface area contributed by atoms with Crippen molar-refractivity contribution in [2.75, 3.05) is 34.0 Å². The summed E-state index contributed by atoms with van der Waals surface area (Å²) in [6, 6.07) is 10.2. The molecule has 0 bridgehead atoms. The molecular formula is C55H70N6O18. The van der Waals surface area contributed by atoms with Crippen LogP contribution in [0.4, 0.5) is 0 Å². The Labute approximate surface area is 457 Å². The van der Waals surface area contributed by atoms with Crippen LogP contribution in [0.2, 0.25) is 0 Å². The van der Waals surface area contributed by atoms with Gasteiger partial charge >= 0.3 is 23.9 Å². The fourth-order valence-corrected chi connectivity index (χ4v) is 8.72. The third-order valence-corrected chi connectivity index (χ3v) is 13.1. The van der Waals surface area contributed by atoms with Crippen molar-refractivity contribution >= 4 is 47.6 Å². The number of nitrogens with zero attached hydrogens (tertiary/aromatic N) is 6. The maximum atomic E-state index is 12.8. The van der Waals surface area contributed by atoms with Gasteiger partial charge in [0.05, 0.1) is 65.4 Å². The van der Waals surface area contributed by atoms with Gasteiger partial charge in [-0.15, -0.1) is 10.2 Å². The SMILES string of the molecule is CCC1OC(OCCn2cc(COc3ccc(/C=C/C(=O)CC(=O)/C=C/c4ccc(OCc5cn(CCOC6OC(COC(C)=O)C(C)C(C)C6C)nn5)c(OC)c4)cc3OC)nn2)C(OC(C)=O)C(OC(C)=O)C1OC(C)=O. The molecule has 4 heterocycles. The standard InChI is InChI=1S/C55H70N6O18/c1-11-45-51(75-36(6)63)52(76-37(7)64)53(77-38(8)65)55(78-45)71-23-21-61-28-42(57-59-61)30-74-47-19-15-40(25-49(47)69-10)13-17-44(67)26-43(66)16-12-39-14-18-46(48(24-39)68-9)73-29-41-27-60(58-56-41)20-22-70-54-34(4)32(2)33(3)50(79-54)31-72-35(5)62/h12-19,24-25,27-28,32-34,45,50-55H,11,20-23,26,29-31H2,1-10H3/b16-12+,17-13+. The molecule has 2 aliphatic rings. The molecule has 2 fully saturated rings. The number of carbonyl (C=O) groups excluding carboxylic acids is 6. The van der Waals surface area contributed by atoms with Crippen molar-refractivity contribution in [3.05, 3.63) is 83.5 Å². The molecule has 10 atom stereocenters. The van der Waals surface area contributed by atoms with Crippen molar-refractivity contribution in [3.8, 4) is 23.0 Å². The molecule has 24 heteroatoms. The van der Waals surface area contributed by atoms with Gasteiger partial charge in [0.1, 0.15) is 37.3 Å². The molecule has 0 saturated carbocycles. The smallest absolute Gasteiger partial charge is 0.303 e. The molecule has 0 spiro atoms. The fraction of sp³-hybridized carbons (Fsp3) is 0.527. The van der Waals surface area contributed by atoms with Crippen LogP contribution in [0.3, 0.4) is 0 Å². The average molecular weight is 1100 g/mol. The normalized spacial score (nSPS) is 23.0. The first-order valence-electron chi connectivity index (χ1n) is 25.8. The highest BCUT2D eigenvalue weighted by Crippen LogP contribution is 2.36. The lowest BCUT2D eigenvalue weighted by Crippen LogP contribution is -2.61. The maximum Gasteiger partial charge on any atom is 0.303 e. The summed E-state index contributed by atoms with van der Waals surface area (Å²) >= 11 is 0. The van der Waals surface area contributed by atoms with Gasteiger partial charge in [-0.3, -0.25) is 28.8 Å². The number of ether oxygens (including phenoxy) is 12. The summed E-state index contributed by atoms with van der Waals surface area (Å²) in [4.78, 5) is 73.1. The number of carbonyl (C=O) groups is 6. The largest absolute Gasteiger partial charge is 0.493 e. The lowest BCUT2D eigenvalue weighted by molar-refractivity contribution is -0.304. The fourth-order valence-electron chi connectivity index (χ4n) is 8.72. The maximum absolute atomic E-state index is 12.8. The molecule has 2 aromatic carbocycles. The van der Waals surface area contributed by atoms with Crippen LogP contribution < -0.4 is 18.9 Å². The number of hydrogen-bond donors (Lipinski definition) is 0. The van der Waals surface area contributed by atoms with Crippen molar-refractivity contribution in [1.29, 1.82) is 0 Å². The van der Waals surface area contributed by atoms with Crippen LogP contribution >= 0.6 is 0 Å². The number of rotatable bonds is 28. The third-order valence-electron chi connectivity index (χ3n) is 13.1. The van der Waals surface area contributed by atoms with Gasteiger partial charge < -0.3 is 56.8 Å². The van der Waals surface area contributed by atoms with Crippen LogP contribution in [0, 0.1) is 17.8 Å². The highest BCUT2D eigenvalue weighted by molar-refractivity contribution is 6.10. The van der Waals surface area contributed by atoms with Gasteiger partial charge in [-0.25, -0.2) is 9.36 Å². The molecule has 0 N–H and O–H groups in total. The highest BCUT2D eigenvalue weighted by Gasteiger charge is 2.52. The number of benzene rings is 2. The Bertz CT molecular complexity index is 2780. The van der Waals surface area contributed by atoms with Gasteiger partial charge in [0.15, 0.2) is 65.5 Å². The zero-order valence-corrected chi connectivity index (χ0v) is 46.1. The lowest BCUT2D eigenvalue weighted by Gasteiger charge is -2.44. The van der Waals surface area contributed by atoms with E-state index in [9.17, 15) is 28.8 Å². The molecule has 24 nitrogen and oxygen atoms in total. The van der Waals surface area contributed by atoms with Crippen molar-refractivity contribution in [2.24, 2.45) is 17.8 Å². The first kappa shape index (κ1) is 60.7. The zero-order valence-electron chi connectivity index (χ0n) is 46.1. The number of methoxy groups -OCH3 is 2. The summed E-state index contributed by atoms with van der Waals surface area (Å²) < 4.78 is 72.1. The lowest BCUT2D eigenvalue weighted by atomic mass is 9.79. The molecule has 2 saturated heterocycles. The number of esters is 4. The summed E-state index contributed by atoms with van der Waals surface area (Å²) in [5.74, 6) is -0.845. The van der Waals surface area contributed by atoms with Gasteiger partial charge in [-0.05, 0) is 65.8 Å². The minimum atomic E-state index is -1.23. The molecule has 10 unspecified atom stereocenters. The second-order valence-corrected chi connectivity index (χ2v) is 19.0. The predicted molar refractivity (Wildman–Crippen MR) is 278 cm³/mol. The molecule has 0 aliphatic carbocycles. The summed E-state index contributed by atoms with van der Waals surface area (Å²) in [5.41, 5.74) is 2.33. The molecule has 6 rings (SSSR count). The third kappa shape index (κ3) is 18.0. The van der Waals surface area contributed by atoms with E-state index in [2.05, 4.69) is 41.4 Å². The first-order valence-corrected chi connectivity index (χ1v) is 25.8. The Balaban J connectivity index is 0.927. The van der Waals surface area contributed by atoms with E-state index in [1.54, 1.807) is 72.5 Å². The molecule has 2 aliphatic heterocycles. The number of ketones is 2. The molecule has 2 aromatic heterocycles. The van der Waals surface area contributed by atoms with Crippen molar-refractivity contribution in [2.45, 2.75) is 138 Å². The van der Waals surface area contributed by atoms with Gasteiger partial charge in [-0.2, -0.15) is 0 Å². The number of allylic oxidation sites excluding steroid dienone is 2. The predicted octanol–water partition coefficient (Wildman–Crippen LogP) is 5.46. The van der Waals surface area contributed by atoms with E-state index in [0.717, 1.165) is 0 Å². The topological polar surface area (TPSA) is 275 Å². The summed E-state index contributed by atoms with van der Waals surface area (Å²) in [7, 11) is 2.98. The van der Waals surface area contributed by atoms with E-state index in [1.807, 2.05) is 0 Å². The summed E-state index contributed by atoms with van der Waals surface area (Å²) in [5, 5.41) is 16.7. The summed E-state index contributed by atoms with van der Waals surface area (Å²) in [6.45, 7) is 14.4. The number of hydrogen-bond acceptors (Lipinski definition) is 22. The van der Waals surface area contributed by atoms with E-state index in [4.69, 9.17) is 56.8 Å². The minimum Gasteiger partial charge on any atom is -0.493 e. The van der Waals surface area contributed by atoms with E-state index >= 15 is 0 Å². The Kier molecular flexibility index (Phi) is 22.6. The Morgan fingerprint density at radius 1 is 0.582 bits per heavy atom. The second kappa shape index (κ2) is 29.4. The van der Waals surface area contributed by atoms with Gasteiger partial charge in [-0.1, -0.05) is 62.4 Å². The van der Waals surface area contributed by atoms with Crippen LogP contribution in [0.15, 0.2) is 60.9 Å². The van der Waals surface area contributed by atoms with E-state index < -0.39 is 66.5 Å². The van der Waals surface area contributed by atoms with Gasteiger partial charge in [0.2, 0.25) is 0 Å². The highest BCUT2D eigenvalue weighted by atomic mass is 16.7. The van der Waals surface area contributed by atoms with E-state index in [0.29, 0.717) is 71.0 Å². The Morgan fingerprint density at radius 2 is 1.06 bits per heavy atom. The Morgan fingerprint density at radius 3 is 1.54 bits per heavy atom. The van der Waals surface area contributed by atoms with E-state index in [-0.39, 0.29) is 63.3 Å². The molecule has 79 heavy (non-hydrogen) atoms. The Hall–Kier alpha value is -7.54. The van der Waals surface area contributed by atoms with Crippen LogP contribution in [-0.2, 0) is 93.0 Å². The average Bonchev–Trinajstić information content (AvgIpc) is 4.08. The summed E-state index contributed by atoms with van der Waals surface area (Å²) in [6.07, 6.45) is 3.17. The van der Waals surface area contributed by atoms with Gasteiger partial charge in [0, 0.05) is 33.6 Å². The van der Waals surface area contributed by atoms with Crippen molar-refractivity contribution < 1.29 is 85.6 Å². The molecule has 0 amide bonds. The van der Waals surface area contributed by atoms with Crippen LogP contribution in [0.5, 0.6) is 23.0 Å². The zero-order chi connectivity index (χ0) is 57.2. The first-order chi connectivity index (χ1) is 37.8. The van der Waals surface area contributed by atoms with Crippen molar-refractivity contribution in [1.82, 2.24) is 30.0 Å². The van der Waals surface area contributed by atoms with Gasteiger partial charge in [0.25, 0.3) is 0 Å². The number of aromatic nitrogens is 6. The monoisotopic (exact) mass is 1100 g/mol. The van der Waals surface area contributed by atoms with Crippen LogP contribution in [0.25, 0.3) is 12.2 Å². The molecule has 0 radical (unpaired) electrons. The quantitative estimate of drug-likeness (QED) is 0.0295. The van der Waals surface area contributed by atoms with Crippen molar-refractivity contribution in [3.63, 3.8) is 0 Å². The second-order valence-electron chi connectivity index (χ2n) is 19.0. The molecule has 428 valence electrons. The molecule has 4 aromatic rings. The van der Waals surface area contributed by atoms with Crippen LogP contribution in [-0.4, -0.2) is 143 Å². The van der Waals surface area contributed by atoms with E-state index in [1.165, 1.54) is 58.7 Å².